The van der Waals surface area contributed by atoms with E-state index in [9.17, 15) is 9.90 Å². The van der Waals surface area contributed by atoms with Gasteiger partial charge < -0.3 is 9.84 Å². The molecular formula is C28H30N2O3. The van der Waals surface area contributed by atoms with Crippen LogP contribution >= 0.6 is 0 Å². The van der Waals surface area contributed by atoms with Gasteiger partial charge in [0.15, 0.2) is 0 Å². The van der Waals surface area contributed by atoms with Crippen LogP contribution in [0, 0.1) is 25.7 Å². The molecule has 5 heteroatoms. The maximum atomic E-state index is 13.4. The van der Waals surface area contributed by atoms with Gasteiger partial charge in [0.1, 0.15) is 11.9 Å². The van der Waals surface area contributed by atoms with Crippen LogP contribution in [0.2, 0.25) is 0 Å². The highest BCUT2D eigenvalue weighted by Gasteiger charge is 2.44. The Morgan fingerprint density at radius 2 is 2.00 bits per heavy atom. The number of pyridine rings is 1. The fraction of sp³-hybridized carbons (Fsp3) is 0.357. The number of aromatic nitrogens is 1. The SMILES string of the molecule is C=CC1CN2CCC1CC2[C@@H](OC(=O)c1cc(C)cc(C)c1)c1ccnc2ccc(O)cc12. The Kier molecular flexibility index (Phi) is 5.67. The molecule has 3 aliphatic rings. The molecule has 0 amide bonds. The molecule has 0 saturated carbocycles. The van der Waals surface area contributed by atoms with Crippen LogP contribution in [-0.2, 0) is 4.74 Å². The van der Waals surface area contributed by atoms with E-state index in [1.165, 1.54) is 0 Å². The summed E-state index contributed by atoms with van der Waals surface area (Å²) in [5.41, 5.74) is 4.30. The molecule has 4 unspecified atom stereocenters. The van der Waals surface area contributed by atoms with Gasteiger partial charge in [0.05, 0.1) is 17.1 Å². The first-order chi connectivity index (χ1) is 15.9. The molecule has 1 aromatic heterocycles. The van der Waals surface area contributed by atoms with Crippen molar-refractivity contribution in [3.05, 3.63) is 83.6 Å². The van der Waals surface area contributed by atoms with E-state index in [1.807, 2.05) is 32.0 Å². The topological polar surface area (TPSA) is 62.7 Å². The summed E-state index contributed by atoms with van der Waals surface area (Å²) >= 11 is 0. The molecule has 3 fully saturated rings. The number of phenolic OH excluding ortho intramolecular Hbond substituents is 1. The van der Waals surface area contributed by atoms with Crippen LogP contribution in [0.15, 0.2) is 61.3 Å². The predicted molar refractivity (Wildman–Crippen MR) is 129 cm³/mol. The molecule has 1 N–H and O–H groups in total. The Morgan fingerprint density at radius 3 is 2.70 bits per heavy atom. The Morgan fingerprint density at radius 1 is 1.21 bits per heavy atom. The molecule has 33 heavy (non-hydrogen) atoms. The van der Waals surface area contributed by atoms with Crippen LogP contribution in [0.4, 0.5) is 0 Å². The standard InChI is InChI=1S/C28H30N2O3/c1-4-19-16-30-10-8-20(19)14-26(30)27(33-28(32)21-12-17(2)11-18(3)13-21)23-7-9-29-25-6-5-22(31)15-24(23)25/h4-7,9,11-13,15,19-20,26-27,31H,1,8,10,14,16H2,2-3H3/t19?,20?,26?,27-/m0/s1. The van der Waals surface area contributed by atoms with Crippen LogP contribution in [-0.4, -0.2) is 40.1 Å². The van der Waals surface area contributed by atoms with E-state index in [0.29, 0.717) is 17.4 Å². The van der Waals surface area contributed by atoms with Crippen LogP contribution in [0.3, 0.4) is 0 Å². The Labute approximate surface area is 194 Å². The van der Waals surface area contributed by atoms with Crippen molar-refractivity contribution in [1.29, 1.82) is 0 Å². The van der Waals surface area contributed by atoms with Gasteiger partial charge in [-0.05, 0) is 81.5 Å². The van der Waals surface area contributed by atoms with Crippen LogP contribution < -0.4 is 0 Å². The highest BCUT2D eigenvalue weighted by molar-refractivity contribution is 5.90. The number of ether oxygens (including phenoxy) is 1. The molecule has 2 bridgehead atoms. The van der Waals surface area contributed by atoms with Crippen molar-refractivity contribution in [3.63, 3.8) is 0 Å². The number of phenols is 1. The summed E-state index contributed by atoms with van der Waals surface area (Å²) in [7, 11) is 0. The maximum Gasteiger partial charge on any atom is 0.338 e. The molecule has 6 rings (SSSR count). The van der Waals surface area contributed by atoms with Gasteiger partial charge in [0, 0.05) is 23.7 Å². The van der Waals surface area contributed by atoms with E-state index in [-0.39, 0.29) is 17.8 Å². The molecule has 4 heterocycles. The zero-order chi connectivity index (χ0) is 23.1. The molecule has 3 aromatic rings. The molecule has 5 atom stereocenters. The maximum absolute atomic E-state index is 13.4. The van der Waals surface area contributed by atoms with Crippen molar-refractivity contribution in [1.82, 2.24) is 9.88 Å². The number of carbonyl (C=O) groups is 1. The zero-order valence-corrected chi connectivity index (χ0v) is 19.2. The summed E-state index contributed by atoms with van der Waals surface area (Å²) in [5.74, 6) is 0.874. The molecule has 5 nitrogen and oxygen atoms in total. The molecule has 0 spiro atoms. The Hall–Kier alpha value is -3.18. The Bertz CT molecular complexity index is 1200. The second kappa shape index (κ2) is 8.64. The molecule has 3 saturated heterocycles. The number of hydrogen-bond donors (Lipinski definition) is 1. The van der Waals surface area contributed by atoms with Crippen molar-refractivity contribution in [2.45, 2.75) is 38.8 Å². The van der Waals surface area contributed by atoms with Crippen molar-refractivity contribution in [3.8, 4) is 5.75 Å². The summed E-state index contributed by atoms with van der Waals surface area (Å²) in [6.07, 6.45) is 5.46. The number of esters is 1. The lowest BCUT2D eigenvalue weighted by atomic mass is 9.73. The average molecular weight is 443 g/mol. The number of rotatable bonds is 5. The summed E-state index contributed by atoms with van der Waals surface area (Å²) in [6, 6.07) is 13.0. The van der Waals surface area contributed by atoms with Gasteiger partial charge in [-0.3, -0.25) is 9.88 Å². The van der Waals surface area contributed by atoms with Crippen molar-refractivity contribution >= 4 is 16.9 Å². The monoisotopic (exact) mass is 442 g/mol. The minimum Gasteiger partial charge on any atom is -0.508 e. The largest absolute Gasteiger partial charge is 0.508 e. The number of nitrogens with zero attached hydrogens (tertiary/aromatic N) is 2. The minimum absolute atomic E-state index is 0.0720. The van der Waals surface area contributed by atoms with Crippen LogP contribution in [0.5, 0.6) is 5.75 Å². The molecule has 170 valence electrons. The van der Waals surface area contributed by atoms with E-state index < -0.39 is 6.10 Å². The number of hydrogen-bond acceptors (Lipinski definition) is 5. The van der Waals surface area contributed by atoms with Crippen LogP contribution in [0.25, 0.3) is 10.9 Å². The summed E-state index contributed by atoms with van der Waals surface area (Å²) < 4.78 is 6.33. The second-order valence-electron chi connectivity index (χ2n) is 9.55. The number of carbonyl (C=O) groups excluding carboxylic acids is 1. The van der Waals surface area contributed by atoms with Gasteiger partial charge in [-0.2, -0.15) is 0 Å². The smallest absolute Gasteiger partial charge is 0.338 e. The first kappa shape index (κ1) is 21.7. The van der Waals surface area contributed by atoms with Gasteiger partial charge in [0.2, 0.25) is 0 Å². The molecule has 0 radical (unpaired) electrons. The van der Waals surface area contributed by atoms with Gasteiger partial charge in [-0.1, -0.05) is 23.3 Å². The van der Waals surface area contributed by atoms with Crippen molar-refractivity contribution in [2.24, 2.45) is 11.8 Å². The van der Waals surface area contributed by atoms with E-state index >= 15 is 0 Å². The molecule has 3 aliphatic heterocycles. The van der Waals surface area contributed by atoms with Gasteiger partial charge in [0.25, 0.3) is 0 Å². The van der Waals surface area contributed by atoms with Gasteiger partial charge >= 0.3 is 5.97 Å². The third-order valence-corrected chi connectivity index (χ3v) is 7.26. The van der Waals surface area contributed by atoms with Crippen molar-refractivity contribution in [2.75, 3.05) is 13.1 Å². The lowest BCUT2D eigenvalue weighted by Gasteiger charge is -2.51. The fourth-order valence-electron chi connectivity index (χ4n) is 5.72. The number of benzene rings is 2. The summed E-state index contributed by atoms with van der Waals surface area (Å²) in [5, 5.41) is 11.0. The van der Waals surface area contributed by atoms with E-state index in [1.54, 1.807) is 24.4 Å². The molecule has 0 aliphatic carbocycles. The third kappa shape index (κ3) is 4.13. The zero-order valence-electron chi connectivity index (χ0n) is 19.2. The highest BCUT2D eigenvalue weighted by Crippen LogP contribution is 2.44. The highest BCUT2D eigenvalue weighted by atomic mass is 16.5. The first-order valence-corrected chi connectivity index (χ1v) is 11.7. The van der Waals surface area contributed by atoms with Crippen molar-refractivity contribution < 1.29 is 14.6 Å². The van der Waals surface area contributed by atoms with Gasteiger partial charge in [-0.15, -0.1) is 6.58 Å². The van der Waals surface area contributed by atoms with E-state index in [2.05, 4.69) is 28.6 Å². The Balaban J connectivity index is 1.57. The summed E-state index contributed by atoms with van der Waals surface area (Å²) in [4.78, 5) is 20.3. The fourth-order valence-corrected chi connectivity index (χ4v) is 5.72. The van der Waals surface area contributed by atoms with E-state index in [4.69, 9.17) is 4.74 Å². The lowest BCUT2D eigenvalue weighted by Crippen LogP contribution is -2.55. The number of piperidine rings is 3. The number of aryl methyl sites for hydroxylation is 2. The molecular weight excluding hydrogens is 412 g/mol. The predicted octanol–water partition coefficient (Wildman–Crippen LogP) is 5.35. The number of aromatic hydroxyl groups is 1. The number of fused-ring (bicyclic) bond motifs is 4. The molecule has 2 aromatic carbocycles. The quantitative estimate of drug-likeness (QED) is 0.426. The van der Waals surface area contributed by atoms with Gasteiger partial charge in [-0.25, -0.2) is 4.79 Å². The average Bonchev–Trinajstić information content (AvgIpc) is 2.81. The summed E-state index contributed by atoms with van der Waals surface area (Å²) in [6.45, 7) is 9.94. The van der Waals surface area contributed by atoms with E-state index in [0.717, 1.165) is 53.5 Å². The second-order valence-corrected chi connectivity index (χ2v) is 9.55. The normalized spacial score (nSPS) is 25.0. The first-order valence-electron chi connectivity index (χ1n) is 11.7. The minimum atomic E-state index is -0.459. The lowest BCUT2D eigenvalue weighted by molar-refractivity contribution is -0.0568. The third-order valence-electron chi connectivity index (χ3n) is 7.26. The van der Waals surface area contributed by atoms with Crippen LogP contribution in [0.1, 0.15) is 46.0 Å².